The summed E-state index contributed by atoms with van der Waals surface area (Å²) in [5.74, 6) is 2.32. The molecule has 0 unspecified atom stereocenters. The Morgan fingerprint density at radius 1 is 1.38 bits per heavy atom. The molecule has 0 radical (unpaired) electrons. The summed E-state index contributed by atoms with van der Waals surface area (Å²) in [5, 5.41) is 17.9. The number of nitrogens with zero attached hydrogens (tertiary/aromatic N) is 5. The minimum Gasteiger partial charge on any atom is -0.483 e. The molecule has 0 bridgehead atoms. The highest BCUT2D eigenvalue weighted by molar-refractivity contribution is 5.92. The maximum absolute atomic E-state index is 12.4. The van der Waals surface area contributed by atoms with E-state index in [1.165, 1.54) is 0 Å². The Labute approximate surface area is 151 Å². The molecule has 1 fully saturated rings. The van der Waals surface area contributed by atoms with Crippen molar-refractivity contribution in [3.8, 4) is 0 Å². The average Bonchev–Trinajstić information content (AvgIpc) is 3.19. The molecule has 2 aromatic heterocycles. The fraction of sp³-hybridized carbons (Fsp3) is 0.562. The molecule has 2 aromatic rings. The fourth-order valence-electron chi connectivity index (χ4n) is 2.74. The number of hydrogen-bond acceptors (Lipinski definition) is 7. The van der Waals surface area contributed by atoms with Crippen molar-refractivity contribution in [2.75, 3.05) is 26.2 Å². The Morgan fingerprint density at radius 2 is 2.15 bits per heavy atom. The van der Waals surface area contributed by atoms with Gasteiger partial charge in [0.15, 0.2) is 5.69 Å². The molecule has 10 nitrogen and oxygen atoms in total. The largest absolute Gasteiger partial charge is 0.483 e. The number of carboxylic acid groups (broad SMARTS) is 1. The quantitative estimate of drug-likeness (QED) is 0.759. The number of aromatic nitrogens is 4. The van der Waals surface area contributed by atoms with E-state index in [4.69, 9.17) is 14.4 Å². The molecule has 142 valence electrons. The number of amides is 1. The lowest BCUT2D eigenvalue weighted by atomic mass is 10.3. The zero-order chi connectivity index (χ0) is 18.9. The molecule has 2 N–H and O–H groups in total. The van der Waals surface area contributed by atoms with Crippen molar-refractivity contribution < 1.29 is 19.2 Å². The van der Waals surface area contributed by atoms with Gasteiger partial charge in [-0.1, -0.05) is 12.1 Å². The van der Waals surface area contributed by atoms with Crippen LogP contribution in [0.2, 0.25) is 0 Å². The highest BCUT2D eigenvalue weighted by atomic mass is 16.5. The summed E-state index contributed by atoms with van der Waals surface area (Å²) >= 11 is 0. The molecule has 0 aliphatic carbocycles. The van der Waals surface area contributed by atoms with Crippen molar-refractivity contribution in [1.82, 2.24) is 30.1 Å². The maximum atomic E-state index is 12.4. The predicted octanol–water partition coefficient (Wildman–Crippen LogP) is 0.712. The van der Waals surface area contributed by atoms with E-state index in [9.17, 15) is 4.79 Å². The fourth-order valence-corrected chi connectivity index (χ4v) is 2.74. The van der Waals surface area contributed by atoms with E-state index in [1.807, 2.05) is 11.8 Å². The Morgan fingerprint density at radius 3 is 2.77 bits per heavy atom. The van der Waals surface area contributed by atoms with Gasteiger partial charge < -0.3 is 14.5 Å². The number of rotatable bonds is 4. The van der Waals surface area contributed by atoms with E-state index >= 15 is 0 Å². The molecule has 0 spiro atoms. The second-order valence-electron chi connectivity index (χ2n) is 5.90. The van der Waals surface area contributed by atoms with Crippen molar-refractivity contribution in [3.63, 3.8) is 0 Å². The van der Waals surface area contributed by atoms with Crippen molar-refractivity contribution in [3.05, 3.63) is 29.2 Å². The van der Waals surface area contributed by atoms with Gasteiger partial charge in [-0.25, -0.2) is 4.98 Å². The molecule has 0 aromatic carbocycles. The van der Waals surface area contributed by atoms with Crippen molar-refractivity contribution in [2.24, 2.45) is 0 Å². The summed E-state index contributed by atoms with van der Waals surface area (Å²) in [5.41, 5.74) is 0.388. The number of H-pyrrole nitrogens is 1. The third-order valence-corrected chi connectivity index (χ3v) is 3.99. The molecule has 1 aliphatic heterocycles. The molecule has 0 atom stereocenters. The van der Waals surface area contributed by atoms with Crippen LogP contribution in [0.5, 0.6) is 0 Å². The molecule has 3 rings (SSSR count). The van der Waals surface area contributed by atoms with Gasteiger partial charge >= 0.3 is 0 Å². The van der Waals surface area contributed by atoms with E-state index in [0.29, 0.717) is 18.0 Å². The Balaban J connectivity index is 0.000000758. The topological polar surface area (TPSA) is 128 Å². The van der Waals surface area contributed by atoms with E-state index in [-0.39, 0.29) is 12.4 Å². The highest BCUT2D eigenvalue weighted by Gasteiger charge is 2.23. The average molecular weight is 364 g/mol. The van der Waals surface area contributed by atoms with Crippen LogP contribution in [-0.4, -0.2) is 73.8 Å². The molecule has 1 amide bonds. The number of nitrogens with one attached hydrogen (secondary N) is 1. The van der Waals surface area contributed by atoms with Gasteiger partial charge in [-0.2, -0.15) is 5.10 Å². The predicted molar refractivity (Wildman–Crippen MR) is 91.5 cm³/mol. The molecule has 1 aliphatic rings. The zero-order valence-corrected chi connectivity index (χ0v) is 15.0. The van der Waals surface area contributed by atoms with Crippen molar-refractivity contribution in [1.29, 1.82) is 0 Å². The first-order valence-corrected chi connectivity index (χ1v) is 8.50. The van der Waals surface area contributed by atoms with Crippen LogP contribution in [0, 0.1) is 6.92 Å². The first-order chi connectivity index (χ1) is 12.6. The monoisotopic (exact) mass is 364 g/mol. The van der Waals surface area contributed by atoms with E-state index in [2.05, 4.69) is 25.2 Å². The number of aryl methyl sites for hydroxylation is 2. The van der Waals surface area contributed by atoms with Crippen LogP contribution in [0.25, 0.3) is 0 Å². The summed E-state index contributed by atoms with van der Waals surface area (Å²) in [6.07, 6.45) is 1.76. The molecule has 0 saturated carbocycles. The van der Waals surface area contributed by atoms with Crippen LogP contribution >= 0.6 is 0 Å². The molecular formula is C16H24N6O4. The van der Waals surface area contributed by atoms with Gasteiger partial charge in [0.25, 0.3) is 12.4 Å². The first-order valence-electron chi connectivity index (χ1n) is 8.50. The summed E-state index contributed by atoms with van der Waals surface area (Å²) in [4.78, 5) is 29.4. The van der Waals surface area contributed by atoms with E-state index in [1.54, 1.807) is 13.0 Å². The molecule has 1 saturated heterocycles. The van der Waals surface area contributed by atoms with Crippen molar-refractivity contribution >= 4 is 12.4 Å². The third-order valence-electron chi connectivity index (χ3n) is 3.99. The number of aromatic amines is 1. The number of hydrogen-bond donors (Lipinski definition) is 2. The lowest BCUT2D eigenvalue weighted by Crippen LogP contribution is -2.35. The molecule has 3 heterocycles. The van der Waals surface area contributed by atoms with Gasteiger partial charge in [0.05, 0.1) is 6.54 Å². The van der Waals surface area contributed by atoms with Gasteiger partial charge in [-0.3, -0.25) is 19.6 Å². The summed E-state index contributed by atoms with van der Waals surface area (Å²) < 4.78 is 4.99. The standard InChI is InChI=1S/C15H22N6O2.CH2O2/c1-3-13-16-14(18-17-13)10-20-5-4-6-21(8-7-20)15(22)12-9-11(2)23-19-12;2-1-3/h9H,3-8,10H2,1-2H3,(H,16,17,18);1H,(H,2,3). The second-order valence-corrected chi connectivity index (χ2v) is 5.90. The zero-order valence-electron chi connectivity index (χ0n) is 15.0. The van der Waals surface area contributed by atoms with Gasteiger partial charge in [0.1, 0.15) is 17.4 Å². The Bertz CT molecular complexity index is 713. The Kier molecular flexibility index (Phi) is 7.27. The van der Waals surface area contributed by atoms with Gasteiger partial charge in [0, 0.05) is 38.7 Å². The Hall–Kier alpha value is -2.75. The summed E-state index contributed by atoms with van der Waals surface area (Å²) in [7, 11) is 0. The summed E-state index contributed by atoms with van der Waals surface area (Å²) in [6, 6.07) is 1.69. The molecular weight excluding hydrogens is 340 g/mol. The van der Waals surface area contributed by atoms with Crippen LogP contribution in [0.15, 0.2) is 10.6 Å². The first kappa shape index (κ1) is 19.6. The van der Waals surface area contributed by atoms with Crippen LogP contribution in [0.3, 0.4) is 0 Å². The molecule has 26 heavy (non-hydrogen) atoms. The second kappa shape index (κ2) is 9.66. The third kappa shape index (κ3) is 5.38. The van der Waals surface area contributed by atoms with Gasteiger partial charge in [-0.15, -0.1) is 0 Å². The molecule has 10 heteroatoms. The SMILES string of the molecule is CCc1n[nH]c(CN2CCCN(C(=O)c3cc(C)on3)CC2)n1.O=CO. The van der Waals surface area contributed by atoms with Crippen LogP contribution in [0.4, 0.5) is 0 Å². The number of carbonyl (C=O) groups excluding carboxylic acids is 1. The van der Waals surface area contributed by atoms with Gasteiger partial charge in [0.2, 0.25) is 0 Å². The van der Waals surface area contributed by atoms with E-state index < -0.39 is 0 Å². The van der Waals surface area contributed by atoms with Crippen LogP contribution in [0.1, 0.15) is 41.2 Å². The highest BCUT2D eigenvalue weighted by Crippen LogP contribution is 2.11. The number of carbonyl (C=O) groups is 2. The smallest absolute Gasteiger partial charge is 0.290 e. The minimum atomic E-state index is -0.250. The lowest BCUT2D eigenvalue weighted by Gasteiger charge is -2.20. The maximum Gasteiger partial charge on any atom is 0.290 e. The van der Waals surface area contributed by atoms with E-state index in [0.717, 1.165) is 50.7 Å². The van der Waals surface area contributed by atoms with Crippen molar-refractivity contribution in [2.45, 2.75) is 33.2 Å². The van der Waals surface area contributed by atoms with Crippen LogP contribution in [-0.2, 0) is 17.8 Å². The summed E-state index contributed by atoms with van der Waals surface area (Å²) in [6.45, 7) is 7.47. The minimum absolute atomic E-state index is 0.0587. The lowest BCUT2D eigenvalue weighted by molar-refractivity contribution is -0.122. The van der Waals surface area contributed by atoms with Gasteiger partial charge in [-0.05, 0) is 13.3 Å². The normalized spacial score (nSPS) is 15.1. The van der Waals surface area contributed by atoms with Crippen LogP contribution < -0.4 is 0 Å².